The zero-order valence-corrected chi connectivity index (χ0v) is 13.9. The van der Waals surface area contributed by atoms with E-state index in [1.54, 1.807) is 0 Å². The number of amides is 2. The smallest absolute Gasteiger partial charge is 0.319 e. The molecule has 2 N–H and O–H groups in total. The fourth-order valence-electron chi connectivity index (χ4n) is 2.14. The van der Waals surface area contributed by atoms with Crippen LogP contribution in [0.4, 0.5) is 10.5 Å². The second-order valence-electron chi connectivity index (χ2n) is 7.08. The van der Waals surface area contributed by atoms with Gasteiger partial charge in [-0.25, -0.2) is 4.79 Å². The first kappa shape index (κ1) is 16.8. The van der Waals surface area contributed by atoms with Gasteiger partial charge in [0.05, 0.1) is 0 Å². The van der Waals surface area contributed by atoms with Crippen molar-refractivity contribution >= 4 is 11.7 Å². The Morgan fingerprint density at radius 1 is 1.23 bits per heavy atom. The molecule has 1 fully saturated rings. The van der Waals surface area contributed by atoms with E-state index in [4.69, 9.17) is 4.74 Å². The minimum Gasteiger partial charge on any atom is -0.381 e. The highest BCUT2D eigenvalue weighted by atomic mass is 16.5. The molecule has 0 aliphatic heterocycles. The number of hydrogen-bond acceptors (Lipinski definition) is 2. The molecular weight excluding hydrogens is 276 g/mol. The summed E-state index contributed by atoms with van der Waals surface area (Å²) in [6.45, 7) is 8.76. The highest BCUT2D eigenvalue weighted by molar-refractivity contribution is 5.89. The first-order chi connectivity index (χ1) is 10.4. The maximum Gasteiger partial charge on any atom is 0.319 e. The van der Waals surface area contributed by atoms with E-state index in [0.717, 1.165) is 31.2 Å². The molecule has 1 aromatic carbocycles. The van der Waals surface area contributed by atoms with Gasteiger partial charge in [0, 0.05) is 25.4 Å². The SMILES string of the molecule is CC(C)(C)c1ccc(NC(=O)NCCCOCC2CC2)cc1. The lowest BCUT2D eigenvalue weighted by Crippen LogP contribution is -2.30. The van der Waals surface area contributed by atoms with Crippen molar-refractivity contribution in [1.29, 1.82) is 0 Å². The van der Waals surface area contributed by atoms with Crippen LogP contribution in [0, 0.1) is 5.92 Å². The molecule has 0 saturated heterocycles. The van der Waals surface area contributed by atoms with Gasteiger partial charge in [0.2, 0.25) is 0 Å². The van der Waals surface area contributed by atoms with Gasteiger partial charge in [-0.05, 0) is 48.3 Å². The third-order valence-electron chi connectivity index (χ3n) is 3.81. The Bertz CT molecular complexity index is 473. The fraction of sp³-hybridized carbons (Fsp3) is 0.611. The van der Waals surface area contributed by atoms with Crippen molar-refractivity contribution in [1.82, 2.24) is 5.32 Å². The molecule has 1 saturated carbocycles. The fourth-order valence-corrected chi connectivity index (χ4v) is 2.14. The van der Waals surface area contributed by atoms with E-state index in [0.29, 0.717) is 6.54 Å². The summed E-state index contributed by atoms with van der Waals surface area (Å²) in [5.74, 6) is 0.798. The van der Waals surface area contributed by atoms with Gasteiger partial charge in [-0.3, -0.25) is 0 Å². The molecule has 0 bridgehead atoms. The summed E-state index contributed by atoms with van der Waals surface area (Å²) < 4.78 is 5.53. The Morgan fingerprint density at radius 3 is 2.50 bits per heavy atom. The third-order valence-corrected chi connectivity index (χ3v) is 3.81. The minimum atomic E-state index is -0.161. The van der Waals surface area contributed by atoms with E-state index in [1.165, 1.54) is 18.4 Å². The molecule has 0 radical (unpaired) electrons. The lowest BCUT2D eigenvalue weighted by Gasteiger charge is -2.19. The van der Waals surface area contributed by atoms with Gasteiger partial charge in [0.25, 0.3) is 0 Å². The van der Waals surface area contributed by atoms with Gasteiger partial charge >= 0.3 is 6.03 Å². The van der Waals surface area contributed by atoms with E-state index in [1.807, 2.05) is 12.1 Å². The molecule has 0 atom stereocenters. The van der Waals surface area contributed by atoms with Crippen LogP contribution in [0.3, 0.4) is 0 Å². The quantitative estimate of drug-likeness (QED) is 0.750. The average Bonchev–Trinajstić information content (AvgIpc) is 3.26. The second-order valence-corrected chi connectivity index (χ2v) is 7.08. The van der Waals surface area contributed by atoms with Gasteiger partial charge < -0.3 is 15.4 Å². The van der Waals surface area contributed by atoms with Crippen LogP contribution in [0.25, 0.3) is 0 Å². The summed E-state index contributed by atoms with van der Waals surface area (Å²) in [5.41, 5.74) is 2.20. The van der Waals surface area contributed by atoms with Crippen LogP contribution in [0.1, 0.15) is 45.6 Å². The van der Waals surface area contributed by atoms with Crippen LogP contribution in [-0.2, 0) is 10.2 Å². The summed E-state index contributed by atoms with van der Waals surface area (Å²) in [6.07, 6.45) is 3.48. The highest BCUT2D eigenvalue weighted by Gasteiger charge is 2.20. The predicted molar refractivity (Wildman–Crippen MR) is 90.3 cm³/mol. The number of carbonyl (C=O) groups is 1. The predicted octanol–water partition coefficient (Wildman–Crippen LogP) is 3.92. The molecule has 22 heavy (non-hydrogen) atoms. The maximum absolute atomic E-state index is 11.8. The summed E-state index contributed by atoms with van der Waals surface area (Å²) in [4.78, 5) is 11.8. The summed E-state index contributed by atoms with van der Waals surface area (Å²) in [7, 11) is 0. The molecule has 4 heteroatoms. The van der Waals surface area contributed by atoms with E-state index in [-0.39, 0.29) is 11.4 Å². The average molecular weight is 304 g/mol. The van der Waals surface area contributed by atoms with Crippen molar-refractivity contribution < 1.29 is 9.53 Å². The number of carbonyl (C=O) groups excluding carboxylic acids is 1. The Balaban J connectivity index is 1.61. The molecule has 0 heterocycles. The van der Waals surface area contributed by atoms with Gasteiger partial charge in [-0.1, -0.05) is 32.9 Å². The zero-order chi connectivity index (χ0) is 16.0. The molecule has 1 aliphatic rings. The number of urea groups is 1. The standard InChI is InChI=1S/C18H28N2O2/c1-18(2,3)15-7-9-16(10-8-15)20-17(21)19-11-4-12-22-13-14-5-6-14/h7-10,14H,4-6,11-13H2,1-3H3,(H2,19,20,21). The monoisotopic (exact) mass is 304 g/mol. The molecule has 2 rings (SSSR count). The molecule has 122 valence electrons. The number of ether oxygens (including phenoxy) is 1. The highest BCUT2D eigenvalue weighted by Crippen LogP contribution is 2.28. The van der Waals surface area contributed by atoms with E-state index >= 15 is 0 Å². The Morgan fingerprint density at radius 2 is 1.91 bits per heavy atom. The van der Waals surface area contributed by atoms with E-state index < -0.39 is 0 Å². The van der Waals surface area contributed by atoms with Crippen LogP contribution < -0.4 is 10.6 Å². The topological polar surface area (TPSA) is 50.4 Å². The second kappa shape index (κ2) is 7.63. The first-order valence-electron chi connectivity index (χ1n) is 8.18. The number of rotatable bonds is 7. The van der Waals surface area contributed by atoms with Crippen LogP contribution in [-0.4, -0.2) is 25.8 Å². The van der Waals surface area contributed by atoms with Crippen LogP contribution in [0.5, 0.6) is 0 Å². The van der Waals surface area contributed by atoms with Gasteiger partial charge in [0.15, 0.2) is 0 Å². The van der Waals surface area contributed by atoms with Crippen molar-refractivity contribution in [3.05, 3.63) is 29.8 Å². The largest absolute Gasteiger partial charge is 0.381 e. The summed E-state index contributed by atoms with van der Waals surface area (Å²) in [5, 5.41) is 5.70. The van der Waals surface area contributed by atoms with Crippen molar-refractivity contribution in [3.8, 4) is 0 Å². The van der Waals surface area contributed by atoms with Gasteiger partial charge in [0.1, 0.15) is 0 Å². The first-order valence-corrected chi connectivity index (χ1v) is 8.18. The number of nitrogens with one attached hydrogen (secondary N) is 2. The summed E-state index contributed by atoms with van der Waals surface area (Å²) >= 11 is 0. The third kappa shape index (κ3) is 6.06. The van der Waals surface area contributed by atoms with E-state index in [9.17, 15) is 4.79 Å². The van der Waals surface area contributed by atoms with Crippen molar-refractivity contribution in [3.63, 3.8) is 0 Å². The lowest BCUT2D eigenvalue weighted by molar-refractivity contribution is 0.122. The molecule has 0 unspecified atom stereocenters. The van der Waals surface area contributed by atoms with Crippen LogP contribution in [0.15, 0.2) is 24.3 Å². The van der Waals surface area contributed by atoms with Gasteiger partial charge in [-0.15, -0.1) is 0 Å². The lowest BCUT2D eigenvalue weighted by atomic mass is 9.87. The Hall–Kier alpha value is -1.55. The molecule has 0 spiro atoms. The Labute approximate surface area is 133 Å². The van der Waals surface area contributed by atoms with Crippen molar-refractivity contribution in [2.45, 2.75) is 45.4 Å². The Kier molecular flexibility index (Phi) is 5.83. The zero-order valence-electron chi connectivity index (χ0n) is 13.9. The maximum atomic E-state index is 11.8. The molecule has 0 aromatic heterocycles. The number of benzene rings is 1. The summed E-state index contributed by atoms with van der Waals surface area (Å²) in [6, 6.07) is 7.84. The number of hydrogen-bond donors (Lipinski definition) is 2. The van der Waals surface area contributed by atoms with Crippen LogP contribution >= 0.6 is 0 Å². The molecule has 1 aromatic rings. The van der Waals surface area contributed by atoms with Crippen LogP contribution in [0.2, 0.25) is 0 Å². The van der Waals surface area contributed by atoms with Crippen molar-refractivity contribution in [2.75, 3.05) is 25.1 Å². The normalized spacial score (nSPS) is 14.7. The number of anilines is 1. The van der Waals surface area contributed by atoms with Crippen molar-refractivity contribution in [2.24, 2.45) is 5.92 Å². The molecule has 2 amide bonds. The molecule has 1 aliphatic carbocycles. The molecular formula is C18H28N2O2. The molecule has 4 nitrogen and oxygen atoms in total. The van der Waals surface area contributed by atoms with Gasteiger partial charge in [-0.2, -0.15) is 0 Å². The minimum absolute atomic E-state index is 0.126. The van der Waals surface area contributed by atoms with E-state index in [2.05, 4.69) is 43.5 Å².